The molecule has 0 aliphatic carbocycles. The van der Waals surface area contributed by atoms with Crippen molar-refractivity contribution in [2.45, 2.75) is 13.0 Å². The van der Waals surface area contributed by atoms with Crippen molar-refractivity contribution in [1.82, 2.24) is 5.32 Å². The summed E-state index contributed by atoms with van der Waals surface area (Å²) in [5, 5.41) is 2.86. The molecule has 0 spiro atoms. The quantitative estimate of drug-likeness (QED) is 0.731. The number of amides is 2. The summed E-state index contributed by atoms with van der Waals surface area (Å²) in [4.78, 5) is 26.1. The van der Waals surface area contributed by atoms with Crippen LogP contribution in [0.2, 0.25) is 0 Å². The number of carbonyl (C=O) groups excluding carboxylic acids is 2. The van der Waals surface area contributed by atoms with E-state index in [0.29, 0.717) is 35.2 Å². The van der Waals surface area contributed by atoms with E-state index in [-0.39, 0.29) is 31.4 Å². The molecule has 0 bridgehead atoms. The molecule has 8 heteroatoms. The Labute approximate surface area is 169 Å². The maximum absolute atomic E-state index is 12.3. The second-order valence-corrected chi connectivity index (χ2v) is 6.36. The van der Waals surface area contributed by atoms with Gasteiger partial charge in [-0.3, -0.25) is 9.59 Å². The molecule has 1 heterocycles. The summed E-state index contributed by atoms with van der Waals surface area (Å²) < 4.78 is 21.4. The summed E-state index contributed by atoms with van der Waals surface area (Å²) in [5.41, 5.74) is 1.49. The van der Waals surface area contributed by atoms with Gasteiger partial charge in [0, 0.05) is 19.5 Å². The van der Waals surface area contributed by atoms with Gasteiger partial charge in [0.1, 0.15) is 5.75 Å². The minimum atomic E-state index is -0.171. The van der Waals surface area contributed by atoms with Crippen LogP contribution in [0.5, 0.6) is 23.0 Å². The van der Waals surface area contributed by atoms with E-state index in [1.165, 1.54) is 21.3 Å². The molecular formula is C21H24N2O6. The Balaban J connectivity index is 1.60. The third-order valence-electron chi connectivity index (χ3n) is 4.58. The molecule has 1 aliphatic rings. The molecular weight excluding hydrogens is 376 g/mol. The molecule has 2 amide bonds. The number of benzene rings is 2. The van der Waals surface area contributed by atoms with Crippen LogP contribution in [0.3, 0.4) is 0 Å². The number of hydrogen-bond donors (Lipinski definition) is 1. The highest BCUT2D eigenvalue weighted by atomic mass is 16.5. The molecule has 154 valence electrons. The van der Waals surface area contributed by atoms with Crippen molar-refractivity contribution in [2.24, 2.45) is 0 Å². The first-order valence-corrected chi connectivity index (χ1v) is 9.15. The molecule has 0 saturated carbocycles. The van der Waals surface area contributed by atoms with Gasteiger partial charge in [0.15, 0.2) is 18.1 Å². The zero-order valence-corrected chi connectivity index (χ0v) is 16.7. The molecule has 1 N–H and O–H groups in total. The van der Waals surface area contributed by atoms with Gasteiger partial charge in [0.05, 0.1) is 27.0 Å². The van der Waals surface area contributed by atoms with E-state index in [1.807, 2.05) is 12.1 Å². The molecule has 0 fully saturated rings. The molecule has 0 saturated heterocycles. The average molecular weight is 400 g/mol. The molecule has 0 atom stereocenters. The highest BCUT2D eigenvalue weighted by Gasteiger charge is 2.25. The largest absolute Gasteiger partial charge is 0.493 e. The Bertz CT molecular complexity index is 873. The number of nitrogens with zero attached hydrogens (tertiary/aromatic N) is 1. The first-order valence-electron chi connectivity index (χ1n) is 9.15. The number of hydrogen-bond acceptors (Lipinski definition) is 6. The second kappa shape index (κ2) is 9.18. The lowest BCUT2D eigenvalue weighted by Gasteiger charge is -2.29. The summed E-state index contributed by atoms with van der Waals surface area (Å²) in [7, 11) is 4.61. The molecule has 1 aliphatic heterocycles. The van der Waals surface area contributed by atoms with E-state index in [1.54, 1.807) is 29.2 Å². The lowest BCUT2D eigenvalue weighted by Crippen LogP contribution is -2.41. The van der Waals surface area contributed by atoms with Crippen molar-refractivity contribution in [3.05, 3.63) is 42.0 Å². The van der Waals surface area contributed by atoms with Gasteiger partial charge < -0.3 is 29.2 Å². The number of rotatable bonds is 8. The van der Waals surface area contributed by atoms with Gasteiger partial charge in [-0.05, 0) is 29.8 Å². The lowest BCUT2D eigenvalue weighted by atomic mass is 10.1. The first kappa shape index (κ1) is 20.3. The smallest absolute Gasteiger partial charge is 0.265 e. The predicted molar refractivity (Wildman–Crippen MR) is 107 cm³/mol. The Morgan fingerprint density at radius 3 is 2.45 bits per heavy atom. The number of ether oxygens (including phenoxy) is 4. The van der Waals surface area contributed by atoms with Crippen LogP contribution in [0.1, 0.15) is 12.0 Å². The van der Waals surface area contributed by atoms with Gasteiger partial charge >= 0.3 is 0 Å². The van der Waals surface area contributed by atoms with Gasteiger partial charge in [0.25, 0.3) is 5.91 Å². The van der Waals surface area contributed by atoms with Gasteiger partial charge in [-0.1, -0.05) is 12.1 Å². The van der Waals surface area contributed by atoms with Gasteiger partial charge in [-0.15, -0.1) is 0 Å². The van der Waals surface area contributed by atoms with E-state index in [0.717, 1.165) is 5.56 Å². The van der Waals surface area contributed by atoms with Crippen molar-refractivity contribution in [1.29, 1.82) is 0 Å². The van der Waals surface area contributed by atoms with Crippen LogP contribution in [0.4, 0.5) is 5.69 Å². The van der Waals surface area contributed by atoms with Crippen LogP contribution < -0.4 is 29.2 Å². The average Bonchev–Trinajstić information content (AvgIpc) is 2.76. The van der Waals surface area contributed by atoms with Crippen LogP contribution in [0.25, 0.3) is 0 Å². The monoisotopic (exact) mass is 400 g/mol. The number of nitrogens with one attached hydrogen (secondary N) is 1. The fourth-order valence-corrected chi connectivity index (χ4v) is 3.14. The summed E-state index contributed by atoms with van der Waals surface area (Å²) in [5.74, 6) is 1.84. The molecule has 2 aromatic rings. The first-order chi connectivity index (χ1) is 14.1. The third-order valence-corrected chi connectivity index (χ3v) is 4.58. The van der Waals surface area contributed by atoms with E-state index in [9.17, 15) is 9.59 Å². The summed E-state index contributed by atoms with van der Waals surface area (Å²) in [6.07, 6.45) is 0.171. The lowest BCUT2D eigenvalue weighted by molar-refractivity contribution is -0.122. The number of methoxy groups -OCH3 is 3. The minimum absolute atomic E-state index is 0.0237. The maximum atomic E-state index is 12.3. The second-order valence-electron chi connectivity index (χ2n) is 6.36. The molecule has 29 heavy (non-hydrogen) atoms. The third kappa shape index (κ3) is 4.53. The number of fused-ring (bicyclic) bond motifs is 1. The van der Waals surface area contributed by atoms with E-state index in [2.05, 4.69) is 5.32 Å². The summed E-state index contributed by atoms with van der Waals surface area (Å²) in [6.45, 7) is 0.549. The van der Waals surface area contributed by atoms with E-state index in [4.69, 9.17) is 18.9 Å². The van der Waals surface area contributed by atoms with Crippen molar-refractivity contribution < 1.29 is 28.5 Å². The van der Waals surface area contributed by atoms with Gasteiger partial charge in [0.2, 0.25) is 11.7 Å². The van der Waals surface area contributed by atoms with Crippen LogP contribution in [-0.4, -0.2) is 46.3 Å². The van der Waals surface area contributed by atoms with Crippen LogP contribution in [0.15, 0.2) is 36.4 Å². The Morgan fingerprint density at radius 1 is 1.10 bits per heavy atom. The molecule has 2 aromatic carbocycles. The van der Waals surface area contributed by atoms with Crippen molar-refractivity contribution in [3.8, 4) is 23.0 Å². The number of carbonyl (C=O) groups is 2. The zero-order valence-electron chi connectivity index (χ0n) is 16.7. The number of para-hydroxylation sites is 2. The van der Waals surface area contributed by atoms with Crippen LogP contribution >= 0.6 is 0 Å². The Kier molecular flexibility index (Phi) is 6.43. The fourth-order valence-electron chi connectivity index (χ4n) is 3.14. The molecule has 0 unspecified atom stereocenters. The maximum Gasteiger partial charge on any atom is 0.265 e. The highest BCUT2D eigenvalue weighted by Crippen LogP contribution is 2.38. The van der Waals surface area contributed by atoms with E-state index >= 15 is 0 Å². The summed E-state index contributed by atoms with van der Waals surface area (Å²) in [6, 6.07) is 10.8. The van der Waals surface area contributed by atoms with Crippen molar-refractivity contribution in [2.75, 3.05) is 39.4 Å². The van der Waals surface area contributed by atoms with Crippen molar-refractivity contribution >= 4 is 17.5 Å². The SMILES string of the molecule is COc1cc(CNC(=O)CCN2C(=O)COc3ccccc32)cc(OC)c1OC. The fraction of sp³-hybridized carbons (Fsp3) is 0.333. The van der Waals surface area contributed by atoms with Gasteiger partial charge in [-0.2, -0.15) is 0 Å². The van der Waals surface area contributed by atoms with E-state index < -0.39 is 0 Å². The predicted octanol–water partition coefficient (Wildman–Crippen LogP) is 2.14. The zero-order chi connectivity index (χ0) is 20.8. The van der Waals surface area contributed by atoms with Crippen molar-refractivity contribution in [3.63, 3.8) is 0 Å². The molecule has 8 nitrogen and oxygen atoms in total. The topological polar surface area (TPSA) is 86.3 Å². The minimum Gasteiger partial charge on any atom is -0.493 e. The van der Waals surface area contributed by atoms with Gasteiger partial charge in [-0.25, -0.2) is 0 Å². The molecule has 0 aromatic heterocycles. The Morgan fingerprint density at radius 2 is 1.79 bits per heavy atom. The Hall–Kier alpha value is -3.42. The molecule has 0 radical (unpaired) electrons. The van der Waals surface area contributed by atoms with Crippen LogP contribution in [-0.2, 0) is 16.1 Å². The standard InChI is InChI=1S/C21H24N2O6/c1-26-17-10-14(11-18(27-2)21(17)28-3)12-22-19(24)8-9-23-15-6-4-5-7-16(15)29-13-20(23)25/h4-7,10-11H,8-9,12-13H2,1-3H3,(H,22,24). The normalized spacial score (nSPS) is 12.7. The highest BCUT2D eigenvalue weighted by molar-refractivity contribution is 5.98. The molecule has 3 rings (SSSR count). The number of anilines is 1. The summed E-state index contributed by atoms with van der Waals surface area (Å²) >= 11 is 0. The van der Waals surface area contributed by atoms with Crippen LogP contribution in [0, 0.1) is 0 Å².